The van der Waals surface area contributed by atoms with E-state index in [-0.39, 0.29) is 0 Å². The van der Waals surface area contributed by atoms with Gasteiger partial charge in [-0.2, -0.15) is 0 Å². The van der Waals surface area contributed by atoms with Crippen LogP contribution in [0.25, 0.3) is 0 Å². The first-order valence-electron chi connectivity index (χ1n) is 6.78. The van der Waals surface area contributed by atoms with Crippen molar-refractivity contribution in [2.75, 3.05) is 26.0 Å². The highest BCUT2D eigenvalue weighted by atomic mass is 79.9. The van der Waals surface area contributed by atoms with E-state index in [9.17, 15) is 0 Å². The van der Waals surface area contributed by atoms with Crippen LogP contribution in [0.5, 0.6) is 0 Å². The zero-order valence-electron chi connectivity index (χ0n) is 12.0. The molecule has 19 heavy (non-hydrogen) atoms. The Morgan fingerprint density at radius 1 is 1.42 bits per heavy atom. The van der Waals surface area contributed by atoms with Crippen molar-refractivity contribution in [2.24, 2.45) is 5.92 Å². The lowest BCUT2D eigenvalue weighted by atomic mass is 10.2. The number of halogens is 1. The molecule has 1 rings (SSSR count). The smallest absolute Gasteiger partial charge is 0.0587 e. The summed E-state index contributed by atoms with van der Waals surface area (Å²) in [7, 11) is 1.72. The van der Waals surface area contributed by atoms with Gasteiger partial charge in [0.25, 0.3) is 0 Å². The fourth-order valence-corrected chi connectivity index (χ4v) is 3.36. The van der Waals surface area contributed by atoms with E-state index in [0.29, 0.717) is 0 Å². The lowest BCUT2D eigenvalue weighted by Crippen LogP contribution is -2.18. The van der Waals surface area contributed by atoms with Gasteiger partial charge in [-0.25, -0.2) is 0 Å². The zero-order chi connectivity index (χ0) is 14.1. The molecule has 108 valence electrons. The second-order valence-corrected chi connectivity index (χ2v) is 6.67. The quantitative estimate of drug-likeness (QED) is 0.531. The molecule has 0 saturated carbocycles. The third kappa shape index (κ3) is 6.80. The first kappa shape index (κ1) is 17.0. The summed E-state index contributed by atoms with van der Waals surface area (Å²) in [5.41, 5.74) is 1.30. The maximum atomic E-state index is 5.01. The minimum absolute atomic E-state index is 0.754. The van der Waals surface area contributed by atoms with E-state index in [1.54, 1.807) is 7.11 Å². The van der Waals surface area contributed by atoms with Crippen LogP contribution in [0.2, 0.25) is 0 Å². The normalized spacial score (nSPS) is 12.6. The summed E-state index contributed by atoms with van der Waals surface area (Å²) in [6, 6.07) is 6.62. The molecule has 0 bridgehead atoms. The molecular weight excluding hydrogens is 322 g/mol. The van der Waals surface area contributed by atoms with Gasteiger partial charge in [0.1, 0.15) is 0 Å². The molecule has 0 aliphatic carbocycles. The minimum Gasteiger partial charge on any atom is -0.383 e. The average molecular weight is 346 g/mol. The molecule has 0 saturated heterocycles. The molecule has 0 aromatic heterocycles. The van der Waals surface area contributed by atoms with E-state index in [2.05, 4.69) is 53.3 Å². The molecule has 0 aliphatic rings. The third-order valence-electron chi connectivity index (χ3n) is 3.03. The van der Waals surface area contributed by atoms with Crippen molar-refractivity contribution in [1.29, 1.82) is 0 Å². The van der Waals surface area contributed by atoms with Crippen LogP contribution in [0.1, 0.15) is 25.8 Å². The maximum absolute atomic E-state index is 5.01. The Balaban J connectivity index is 2.45. The number of hydrogen-bond acceptors (Lipinski definition) is 3. The summed E-state index contributed by atoms with van der Waals surface area (Å²) in [6.45, 7) is 7.07. The number of rotatable bonds is 9. The monoisotopic (exact) mass is 345 g/mol. The lowest BCUT2D eigenvalue weighted by molar-refractivity contribution is 0.199. The second kappa shape index (κ2) is 9.81. The highest BCUT2D eigenvalue weighted by Crippen LogP contribution is 2.30. The van der Waals surface area contributed by atoms with Gasteiger partial charge in [-0.1, -0.05) is 26.3 Å². The summed E-state index contributed by atoms with van der Waals surface area (Å²) in [4.78, 5) is 1.33. The largest absolute Gasteiger partial charge is 0.383 e. The lowest BCUT2D eigenvalue weighted by Gasteiger charge is -2.11. The van der Waals surface area contributed by atoms with Gasteiger partial charge in [0.05, 0.1) is 6.61 Å². The van der Waals surface area contributed by atoms with Crippen LogP contribution < -0.4 is 5.32 Å². The van der Waals surface area contributed by atoms with Crippen LogP contribution in [0, 0.1) is 5.92 Å². The highest BCUT2D eigenvalue weighted by molar-refractivity contribution is 9.10. The fraction of sp³-hybridized carbons (Fsp3) is 0.600. The first-order chi connectivity index (χ1) is 9.17. The summed E-state index contributed by atoms with van der Waals surface area (Å²) >= 11 is 5.60. The average Bonchev–Trinajstić information content (AvgIpc) is 2.42. The van der Waals surface area contributed by atoms with E-state index in [0.717, 1.165) is 25.6 Å². The predicted molar refractivity (Wildman–Crippen MR) is 87.9 cm³/mol. The first-order valence-corrected chi connectivity index (χ1v) is 8.56. The molecule has 1 unspecified atom stereocenters. The van der Waals surface area contributed by atoms with E-state index in [1.165, 1.54) is 27.1 Å². The molecule has 2 nitrogen and oxygen atoms in total. The van der Waals surface area contributed by atoms with Gasteiger partial charge < -0.3 is 10.1 Å². The Kier molecular flexibility index (Phi) is 8.79. The summed E-state index contributed by atoms with van der Waals surface area (Å²) in [6.07, 6.45) is 1.24. The van der Waals surface area contributed by atoms with Crippen molar-refractivity contribution in [1.82, 2.24) is 5.32 Å². The highest BCUT2D eigenvalue weighted by Gasteiger charge is 2.05. The van der Waals surface area contributed by atoms with Crippen LogP contribution in [-0.4, -0.2) is 26.0 Å². The molecule has 0 aliphatic heterocycles. The number of nitrogens with one attached hydrogen (secondary N) is 1. The van der Waals surface area contributed by atoms with Gasteiger partial charge in [-0.15, -0.1) is 11.8 Å². The topological polar surface area (TPSA) is 21.3 Å². The summed E-state index contributed by atoms with van der Waals surface area (Å²) in [5, 5.41) is 3.36. The molecule has 0 fully saturated rings. The molecule has 1 N–H and O–H groups in total. The zero-order valence-corrected chi connectivity index (χ0v) is 14.4. The molecule has 1 atom stereocenters. The molecule has 0 amide bonds. The molecule has 0 radical (unpaired) electrons. The molecular formula is C15H24BrNOS. The Bertz CT molecular complexity index is 373. The number of hydrogen-bond donors (Lipinski definition) is 1. The van der Waals surface area contributed by atoms with Crippen LogP contribution in [0.3, 0.4) is 0 Å². The van der Waals surface area contributed by atoms with Crippen molar-refractivity contribution in [3.63, 3.8) is 0 Å². The van der Waals surface area contributed by atoms with Crippen molar-refractivity contribution < 1.29 is 4.74 Å². The molecule has 0 spiro atoms. The van der Waals surface area contributed by atoms with E-state index in [1.807, 2.05) is 11.8 Å². The number of methoxy groups -OCH3 is 1. The van der Waals surface area contributed by atoms with E-state index in [4.69, 9.17) is 4.74 Å². The predicted octanol–water partition coefficient (Wildman–Crippen LogP) is 4.32. The third-order valence-corrected chi connectivity index (χ3v) is 5.35. The standard InChI is InChI=1S/C15H24BrNOS/c1-4-12(2)11-19-15-6-5-13(9-14(15)16)10-17-7-8-18-3/h5-6,9,12,17H,4,7-8,10-11H2,1-3H3. The van der Waals surface area contributed by atoms with Crippen LogP contribution in [-0.2, 0) is 11.3 Å². The van der Waals surface area contributed by atoms with Gasteiger partial charge in [0.2, 0.25) is 0 Å². The Morgan fingerprint density at radius 2 is 2.21 bits per heavy atom. The van der Waals surface area contributed by atoms with Crippen LogP contribution in [0.15, 0.2) is 27.6 Å². The molecule has 1 aromatic carbocycles. The number of thioether (sulfide) groups is 1. The number of benzene rings is 1. The SMILES string of the molecule is CCC(C)CSc1ccc(CNCCOC)cc1Br. The van der Waals surface area contributed by atoms with Gasteiger partial charge >= 0.3 is 0 Å². The second-order valence-electron chi connectivity index (χ2n) is 4.76. The Morgan fingerprint density at radius 3 is 2.84 bits per heavy atom. The van der Waals surface area contributed by atoms with Gasteiger partial charge in [0.15, 0.2) is 0 Å². The summed E-state index contributed by atoms with van der Waals surface area (Å²) in [5.74, 6) is 1.95. The Hall–Kier alpha value is -0.0300. The van der Waals surface area contributed by atoms with E-state index < -0.39 is 0 Å². The van der Waals surface area contributed by atoms with Gasteiger partial charge in [-0.3, -0.25) is 0 Å². The van der Waals surface area contributed by atoms with Gasteiger partial charge in [0, 0.05) is 35.3 Å². The van der Waals surface area contributed by atoms with Crippen molar-refractivity contribution in [2.45, 2.75) is 31.7 Å². The minimum atomic E-state index is 0.754. The number of ether oxygens (including phenoxy) is 1. The van der Waals surface area contributed by atoms with E-state index >= 15 is 0 Å². The molecule has 0 heterocycles. The van der Waals surface area contributed by atoms with Crippen molar-refractivity contribution >= 4 is 27.7 Å². The Labute approximate surface area is 129 Å². The van der Waals surface area contributed by atoms with Crippen molar-refractivity contribution in [3.8, 4) is 0 Å². The van der Waals surface area contributed by atoms with Crippen LogP contribution in [0.4, 0.5) is 0 Å². The van der Waals surface area contributed by atoms with Gasteiger partial charge in [-0.05, 0) is 39.5 Å². The molecule has 4 heteroatoms. The van der Waals surface area contributed by atoms with Crippen molar-refractivity contribution in [3.05, 3.63) is 28.2 Å². The summed E-state index contributed by atoms with van der Waals surface area (Å²) < 4.78 is 6.21. The fourth-order valence-electron chi connectivity index (χ4n) is 1.53. The maximum Gasteiger partial charge on any atom is 0.0587 e. The molecule has 1 aromatic rings. The van der Waals surface area contributed by atoms with Crippen LogP contribution >= 0.6 is 27.7 Å².